The van der Waals surface area contributed by atoms with Gasteiger partial charge in [0.1, 0.15) is 5.82 Å². The van der Waals surface area contributed by atoms with E-state index in [4.69, 9.17) is 11.1 Å². The van der Waals surface area contributed by atoms with Crippen molar-refractivity contribution in [2.75, 3.05) is 5.73 Å². The third-order valence-corrected chi connectivity index (χ3v) is 4.28. The minimum Gasteiger partial charge on any atom is -0.383 e. The number of nitrogens with one attached hydrogen (secondary N) is 1. The molecule has 0 amide bonds. The van der Waals surface area contributed by atoms with Gasteiger partial charge in [0, 0.05) is 18.0 Å². The monoisotopic (exact) mass is 345 g/mol. The molecule has 0 unspecified atom stereocenters. The smallest absolute Gasteiger partial charge is 0.163 e. The highest BCUT2D eigenvalue weighted by molar-refractivity contribution is 5.94. The first-order valence-corrected chi connectivity index (χ1v) is 8.51. The minimum atomic E-state index is 0.113. The van der Waals surface area contributed by atoms with E-state index in [2.05, 4.69) is 60.0 Å². The standard InChI is InChI=1S/C21H23N5/c1-13(22)18-9-10-24-20(26-18)17-11-15(12-25-19(17)23)14-5-7-16(8-6-14)21(2,3)4/h5-12,22H,1-4H3,(H2,23,25). The van der Waals surface area contributed by atoms with Gasteiger partial charge < -0.3 is 11.1 Å². The Balaban J connectivity index is 2.03. The molecule has 0 saturated carbocycles. The van der Waals surface area contributed by atoms with Gasteiger partial charge in [-0.1, -0.05) is 45.0 Å². The van der Waals surface area contributed by atoms with E-state index < -0.39 is 0 Å². The van der Waals surface area contributed by atoms with E-state index in [0.717, 1.165) is 11.1 Å². The maximum absolute atomic E-state index is 7.76. The molecule has 3 rings (SSSR count). The first kappa shape index (κ1) is 17.7. The number of benzene rings is 1. The first-order valence-electron chi connectivity index (χ1n) is 8.51. The third kappa shape index (κ3) is 3.61. The fraction of sp³-hybridized carbons (Fsp3) is 0.238. The van der Waals surface area contributed by atoms with Gasteiger partial charge in [-0.2, -0.15) is 0 Å². The molecule has 0 radical (unpaired) electrons. The van der Waals surface area contributed by atoms with Crippen LogP contribution in [0.2, 0.25) is 0 Å². The van der Waals surface area contributed by atoms with Crippen LogP contribution in [0.25, 0.3) is 22.5 Å². The van der Waals surface area contributed by atoms with Gasteiger partial charge in [-0.25, -0.2) is 15.0 Å². The highest BCUT2D eigenvalue weighted by Gasteiger charge is 2.14. The number of aromatic nitrogens is 3. The van der Waals surface area contributed by atoms with Crippen LogP contribution >= 0.6 is 0 Å². The van der Waals surface area contributed by atoms with Crippen LogP contribution in [0, 0.1) is 5.41 Å². The summed E-state index contributed by atoms with van der Waals surface area (Å²) in [5.41, 5.74) is 11.1. The quantitative estimate of drug-likeness (QED) is 0.685. The van der Waals surface area contributed by atoms with Crippen molar-refractivity contribution in [1.82, 2.24) is 15.0 Å². The highest BCUT2D eigenvalue weighted by Crippen LogP contribution is 2.29. The summed E-state index contributed by atoms with van der Waals surface area (Å²) in [6.07, 6.45) is 3.40. The fourth-order valence-electron chi connectivity index (χ4n) is 2.67. The Morgan fingerprint density at radius 1 is 1.00 bits per heavy atom. The molecule has 3 N–H and O–H groups in total. The van der Waals surface area contributed by atoms with Gasteiger partial charge in [-0.15, -0.1) is 0 Å². The fourth-order valence-corrected chi connectivity index (χ4v) is 2.67. The lowest BCUT2D eigenvalue weighted by Gasteiger charge is -2.19. The number of rotatable bonds is 3. The molecule has 0 saturated heterocycles. The zero-order chi connectivity index (χ0) is 18.9. The van der Waals surface area contributed by atoms with Gasteiger partial charge in [0.15, 0.2) is 5.82 Å². The van der Waals surface area contributed by atoms with Gasteiger partial charge in [0.05, 0.1) is 17.0 Å². The Kier molecular flexibility index (Phi) is 4.55. The SMILES string of the molecule is CC(=N)c1ccnc(-c2cc(-c3ccc(C(C)(C)C)cc3)cnc2N)n1. The molecule has 0 aliphatic carbocycles. The van der Waals surface area contributed by atoms with Gasteiger partial charge in [0.2, 0.25) is 0 Å². The lowest BCUT2D eigenvalue weighted by atomic mass is 9.86. The Morgan fingerprint density at radius 2 is 1.69 bits per heavy atom. The van der Waals surface area contributed by atoms with Gasteiger partial charge in [0.25, 0.3) is 0 Å². The predicted molar refractivity (Wildman–Crippen MR) is 106 cm³/mol. The van der Waals surface area contributed by atoms with E-state index in [1.54, 1.807) is 25.4 Å². The zero-order valence-electron chi connectivity index (χ0n) is 15.5. The molecule has 3 aromatic rings. The maximum atomic E-state index is 7.76. The summed E-state index contributed by atoms with van der Waals surface area (Å²) in [7, 11) is 0. The number of nitrogens with two attached hydrogens (primary N) is 1. The zero-order valence-corrected chi connectivity index (χ0v) is 15.5. The Labute approximate surface area is 153 Å². The Hall–Kier alpha value is -3.08. The highest BCUT2D eigenvalue weighted by atomic mass is 14.9. The number of nitrogen functional groups attached to an aromatic ring is 1. The predicted octanol–water partition coefficient (Wildman–Crippen LogP) is 4.47. The molecule has 0 aliphatic rings. The molecule has 26 heavy (non-hydrogen) atoms. The van der Waals surface area contributed by atoms with Gasteiger partial charge in [-0.05, 0) is 35.6 Å². The summed E-state index contributed by atoms with van der Waals surface area (Å²) < 4.78 is 0. The summed E-state index contributed by atoms with van der Waals surface area (Å²) in [6, 6.07) is 12.1. The summed E-state index contributed by atoms with van der Waals surface area (Å²) in [5, 5.41) is 7.76. The van der Waals surface area contributed by atoms with Crippen molar-refractivity contribution in [3.63, 3.8) is 0 Å². The van der Waals surface area contributed by atoms with Crippen LogP contribution in [0.3, 0.4) is 0 Å². The summed E-state index contributed by atoms with van der Waals surface area (Å²) >= 11 is 0. The Bertz CT molecular complexity index is 953. The van der Waals surface area contributed by atoms with Gasteiger partial charge >= 0.3 is 0 Å². The van der Waals surface area contributed by atoms with E-state index >= 15 is 0 Å². The van der Waals surface area contributed by atoms with Crippen LogP contribution in [0.1, 0.15) is 39.0 Å². The largest absolute Gasteiger partial charge is 0.383 e. The van der Waals surface area contributed by atoms with E-state index in [0.29, 0.717) is 28.6 Å². The second kappa shape index (κ2) is 6.67. The number of nitrogens with zero attached hydrogens (tertiary/aromatic N) is 3. The van der Waals surface area contributed by atoms with Crippen LogP contribution in [-0.2, 0) is 5.41 Å². The van der Waals surface area contributed by atoms with Crippen LogP contribution in [-0.4, -0.2) is 20.7 Å². The van der Waals surface area contributed by atoms with Crippen molar-refractivity contribution < 1.29 is 0 Å². The molecule has 0 atom stereocenters. The molecule has 2 heterocycles. The van der Waals surface area contributed by atoms with Crippen molar-refractivity contribution in [3.8, 4) is 22.5 Å². The molecule has 1 aromatic carbocycles. The number of anilines is 1. The van der Waals surface area contributed by atoms with Crippen molar-refractivity contribution in [2.45, 2.75) is 33.1 Å². The number of hydrogen-bond donors (Lipinski definition) is 2. The van der Waals surface area contributed by atoms with Crippen molar-refractivity contribution in [2.24, 2.45) is 0 Å². The Morgan fingerprint density at radius 3 is 2.31 bits per heavy atom. The molecular weight excluding hydrogens is 322 g/mol. The molecule has 2 aromatic heterocycles. The topological polar surface area (TPSA) is 88.5 Å². The van der Waals surface area contributed by atoms with E-state index in [1.807, 2.05) is 6.07 Å². The molecule has 0 aliphatic heterocycles. The molecule has 5 nitrogen and oxygen atoms in total. The molecule has 5 heteroatoms. The lowest BCUT2D eigenvalue weighted by Crippen LogP contribution is -2.10. The van der Waals surface area contributed by atoms with Crippen LogP contribution in [0.4, 0.5) is 5.82 Å². The number of hydrogen-bond acceptors (Lipinski definition) is 5. The molecule has 0 spiro atoms. The first-order chi connectivity index (χ1) is 12.3. The van der Waals surface area contributed by atoms with Crippen LogP contribution in [0.15, 0.2) is 48.8 Å². The normalized spacial score (nSPS) is 11.4. The molecule has 132 valence electrons. The van der Waals surface area contributed by atoms with Crippen molar-refractivity contribution in [1.29, 1.82) is 5.41 Å². The molecular formula is C21H23N5. The molecule has 0 fully saturated rings. The van der Waals surface area contributed by atoms with Crippen LogP contribution in [0.5, 0.6) is 0 Å². The number of pyridine rings is 1. The average molecular weight is 345 g/mol. The average Bonchev–Trinajstić information content (AvgIpc) is 2.61. The van der Waals surface area contributed by atoms with Crippen molar-refractivity contribution in [3.05, 3.63) is 60.0 Å². The second-order valence-corrected chi connectivity index (χ2v) is 7.37. The van der Waals surface area contributed by atoms with E-state index in [9.17, 15) is 0 Å². The lowest BCUT2D eigenvalue weighted by molar-refractivity contribution is 0.590. The van der Waals surface area contributed by atoms with Crippen LogP contribution < -0.4 is 5.73 Å². The van der Waals surface area contributed by atoms with E-state index in [1.165, 1.54) is 5.56 Å². The summed E-state index contributed by atoms with van der Waals surface area (Å²) in [5.74, 6) is 0.854. The minimum absolute atomic E-state index is 0.113. The summed E-state index contributed by atoms with van der Waals surface area (Å²) in [6.45, 7) is 8.28. The van der Waals surface area contributed by atoms with Gasteiger partial charge in [-0.3, -0.25) is 0 Å². The summed E-state index contributed by atoms with van der Waals surface area (Å²) in [4.78, 5) is 13.1. The third-order valence-electron chi connectivity index (χ3n) is 4.28. The van der Waals surface area contributed by atoms with Crippen molar-refractivity contribution >= 4 is 11.5 Å². The maximum Gasteiger partial charge on any atom is 0.163 e. The van der Waals surface area contributed by atoms with E-state index in [-0.39, 0.29) is 5.41 Å². The molecule has 0 bridgehead atoms. The second-order valence-electron chi connectivity index (χ2n) is 7.37.